The maximum absolute atomic E-state index is 13.4. The van der Waals surface area contributed by atoms with Crippen LogP contribution < -0.4 is 5.32 Å². The van der Waals surface area contributed by atoms with Gasteiger partial charge >= 0.3 is 0 Å². The van der Waals surface area contributed by atoms with E-state index in [4.69, 9.17) is 0 Å². The Balaban J connectivity index is 1.56. The zero-order chi connectivity index (χ0) is 20.3. The predicted octanol–water partition coefficient (Wildman–Crippen LogP) is 2.39. The minimum absolute atomic E-state index is 0.0476. The summed E-state index contributed by atoms with van der Waals surface area (Å²) >= 11 is 0. The van der Waals surface area contributed by atoms with E-state index in [0.29, 0.717) is 13.1 Å². The van der Waals surface area contributed by atoms with Crippen LogP contribution in [0.2, 0.25) is 0 Å². The maximum Gasteiger partial charge on any atom is 0.243 e. The molecule has 6 nitrogen and oxygen atoms in total. The second kappa shape index (κ2) is 8.38. The minimum atomic E-state index is -3.73. The molecule has 1 aliphatic heterocycles. The van der Waals surface area contributed by atoms with Crippen molar-refractivity contribution in [2.75, 3.05) is 38.0 Å². The Hall–Kier alpha value is -2.29. The summed E-state index contributed by atoms with van der Waals surface area (Å²) in [6.07, 6.45) is 0. The summed E-state index contributed by atoms with van der Waals surface area (Å²) in [5.41, 5.74) is 2.91. The fourth-order valence-corrected chi connectivity index (χ4v) is 4.71. The van der Waals surface area contributed by atoms with Crippen LogP contribution in [0.5, 0.6) is 0 Å². The van der Waals surface area contributed by atoms with Crippen molar-refractivity contribution in [3.63, 3.8) is 0 Å². The van der Waals surface area contributed by atoms with Gasteiger partial charge in [0, 0.05) is 31.9 Å². The molecule has 2 aromatic carbocycles. The lowest BCUT2D eigenvalue weighted by Gasteiger charge is -2.33. The van der Waals surface area contributed by atoms with Gasteiger partial charge < -0.3 is 5.32 Å². The van der Waals surface area contributed by atoms with Crippen molar-refractivity contribution in [2.45, 2.75) is 18.7 Å². The van der Waals surface area contributed by atoms with Gasteiger partial charge in [-0.05, 0) is 43.7 Å². The van der Waals surface area contributed by atoms with Crippen molar-refractivity contribution in [1.29, 1.82) is 0 Å². The van der Waals surface area contributed by atoms with Crippen molar-refractivity contribution >= 4 is 21.6 Å². The lowest BCUT2D eigenvalue weighted by Crippen LogP contribution is -2.50. The predicted molar refractivity (Wildman–Crippen MR) is 106 cm³/mol. The number of aryl methyl sites for hydroxylation is 2. The maximum atomic E-state index is 13.4. The molecule has 1 aliphatic rings. The van der Waals surface area contributed by atoms with Crippen LogP contribution >= 0.6 is 0 Å². The number of carbonyl (C=O) groups is 1. The number of sulfonamides is 1. The molecule has 1 amide bonds. The third-order valence-electron chi connectivity index (χ3n) is 4.79. The topological polar surface area (TPSA) is 69.7 Å². The molecule has 0 aliphatic carbocycles. The lowest BCUT2D eigenvalue weighted by molar-refractivity contribution is -0.117. The van der Waals surface area contributed by atoms with Crippen molar-refractivity contribution in [2.24, 2.45) is 0 Å². The fourth-order valence-electron chi connectivity index (χ4n) is 3.25. The second-order valence-electron chi connectivity index (χ2n) is 7.00. The Labute approximate surface area is 165 Å². The standard InChI is InChI=1S/C20H24FN3O3S/c1-15-6-7-19(16(2)12-15)22-20(25)14-23-8-10-24(11-9-23)28(26,27)18-5-3-4-17(21)13-18/h3-7,12-13H,8-11,14H2,1-2H3,(H,22,25). The minimum Gasteiger partial charge on any atom is -0.325 e. The van der Waals surface area contributed by atoms with E-state index >= 15 is 0 Å². The van der Waals surface area contributed by atoms with E-state index in [1.807, 2.05) is 36.9 Å². The molecule has 1 saturated heterocycles. The molecule has 1 heterocycles. The number of carbonyl (C=O) groups excluding carboxylic acids is 1. The van der Waals surface area contributed by atoms with Gasteiger partial charge in [0.1, 0.15) is 5.82 Å². The molecule has 150 valence electrons. The summed E-state index contributed by atoms with van der Waals surface area (Å²) in [6, 6.07) is 10.8. The zero-order valence-electron chi connectivity index (χ0n) is 16.0. The van der Waals surface area contributed by atoms with Crippen LogP contribution in [0.3, 0.4) is 0 Å². The second-order valence-corrected chi connectivity index (χ2v) is 8.94. The molecule has 0 aromatic heterocycles. The van der Waals surface area contributed by atoms with E-state index in [-0.39, 0.29) is 30.4 Å². The molecule has 0 spiro atoms. The van der Waals surface area contributed by atoms with Crippen LogP contribution in [-0.2, 0) is 14.8 Å². The number of piperazine rings is 1. The Bertz CT molecular complexity index is 970. The van der Waals surface area contributed by atoms with Crippen molar-refractivity contribution < 1.29 is 17.6 Å². The van der Waals surface area contributed by atoms with Crippen LogP contribution in [0.15, 0.2) is 47.4 Å². The van der Waals surface area contributed by atoms with E-state index in [1.165, 1.54) is 22.5 Å². The van der Waals surface area contributed by atoms with Crippen LogP contribution in [0.1, 0.15) is 11.1 Å². The molecular formula is C20H24FN3O3S. The van der Waals surface area contributed by atoms with Crippen LogP contribution in [0.4, 0.5) is 10.1 Å². The number of nitrogens with one attached hydrogen (secondary N) is 1. The van der Waals surface area contributed by atoms with Crippen LogP contribution in [-0.4, -0.2) is 56.3 Å². The largest absolute Gasteiger partial charge is 0.325 e. The Morgan fingerprint density at radius 2 is 1.79 bits per heavy atom. The molecule has 28 heavy (non-hydrogen) atoms. The summed E-state index contributed by atoms with van der Waals surface area (Å²) in [5, 5.41) is 2.90. The molecule has 0 saturated carbocycles. The molecule has 0 bridgehead atoms. The Kier molecular flexibility index (Phi) is 6.12. The van der Waals surface area contributed by atoms with E-state index in [9.17, 15) is 17.6 Å². The molecule has 2 aromatic rings. The van der Waals surface area contributed by atoms with Crippen molar-refractivity contribution in [3.05, 3.63) is 59.4 Å². The first-order valence-corrected chi connectivity index (χ1v) is 10.5. The van der Waals surface area contributed by atoms with Gasteiger partial charge in [0.05, 0.1) is 11.4 Å². The van der Waals surface area contributed by atoms with Gasteiger partial charge in [-0.1, -0.05) is 23.8 Å². The third kappa shape index (κ3) is 4.76. The number of halogens is 1. The molecule has 1 fully saturated rings. The molecule has 8 heteroatoms. The monoisotopic (exact) mass is 405 g/mol. The number of anilines is 1. The summed E-state index contributed by atoms with van der Waals surface area (Å²) < 4.78 is 40.0. The smallest absolute Gasteiger partial charge is 0.243 e. The van der Waals surface area contributed by atoms with Crippen molar-refractivity contribution in [3.8, 4) is 0 Å². The zero-order valence-corrected chi connectivity index (χ0v) is 16.8. The first-order chi connectivity index (χ1) is 13.3. The number of nitrogens with zero attached hydrogens (tertiary/aromatic N) is 2. The SMILES string of the molecule is Cc1ccc(NC(=O)CN2CCN(S(=O)(=O)c3cccc(F)c3)CC2)c(C)c1. The van der Waals surface area contributed by atoms with Gasteiger partial charge in [0.15, 0.2) is 0 Å². The summed E-state index contributed by atoms with van der Waals surface area (Å²) in [6.45, 7) is 5.53. The van der Waals surface area contributed by atoms with E-state index < -0.39 is 15.8 Å². The Morgan fingerprint density at radius 1 is 1.07 bits per heavy atom. The highest BCUT2D eigenvalue weighted by atomic mass is 32.2. The van der Waals surface area contributed by atoms with Gasteiger partial charge in [-0.25, -0.2) is 12.8 Å². The number of hydrogen-bond donors (Lipinski definition) is 1. The van der Waals surface area contributed by atoms with E-state index in [1.54, 1.807) is 0 Å². The number of benzene rings is 2. The highest BCUT2D eigenvalue weighted by Gasteiger charge is 2.29. The van der Waals surface area contributed by atoms with E-state index in [2.05, 4.69) is 5.32 Å². The average Bonchev–Trinajstić information content (AvgIpc) is 2.64. The summed E-state index contributed by atoms with van der Waals surface area (Å²) in [5.74, 6) is -0.712. The molecular weight excluding hydrogens is 381 g/mol. The number of rotatable bonds is 5. The van der Waals surface area contributed by atoms with Crippen LogP contribution in [0, 0.1) is 19.7 Å². The number of amides is 1. The van der Waals surface area contributed by atoms with Gasteiger partial charge in [0.25, 0.3) is 0 Å². The van der Waals surface area contributed by atoms with Gasteiger partial charge in [0.2, 0.25) is 15.9 Å². The van der Waals surface area contributed by atoms with Crippen LogP contribution in [0.25, 0.3) is 0 Å². The molecule has 0 atom stereocenters. The van der Waals surface area contributed by atoms with E-state index in [0.717, 1.165) is 22.9 Å². The van der Waals surface area contributed by atoms with Gasteiger partial charge in [-0.2, -0.15) is 4.31 Å². The molecule has 0 unspecified atom stereocenters. The quantitative estimate of drug-likeness (QED) is 0.829. The third-order valence-corrected chi connectivity index (χ3v) is 6.68. The highest BCUT2D eigenvalue weighted by molar-refractivity contribution is 7.89. The van der Waals surface area contributed by atoms with Gasteiger partial charge in [-0.3, -0.25) is 9.69 Å². The van der Waals surface area contributed by atoms with Gasteiger partial charge in [-0.15, -0.1) is 0 Å². The lowest BCUT2D eigenvalue weighted by atomic mass is 10.1. The molecule has 0 radical (unpaired) electrons. The highest BCUT2D eigenvalue weighted by Crippen LogP contribution is 2.19. The average molecular weight is 405 g/mol. The molecule has 1 N–H and O–H groups in total. The summed E-state index contributed by atoms with van der Waals surface area (Å²) in [4.78, 5) is 14.2. The number of hydrogen-bond acceptors (Lipinski definition) is 4. The summed E-state index contributed by atoms with van der Waals surface area (Å²) in [7, 11) is -3.73. The first-order valence-electron chi connectivity index (χ1n) is 9.11. The molecule has 3 rings (SSSR count). The Morgan fingerprint density at radius 3 is 2.43 bits per heavy atom. The normalized spacial score (nSPS) is 16.1. The van der Waals surface area contributed by atoms with Crippen molar-refractivity contribution in [1.82, 2.24) is 9.21 Å². The first kappa shape index (κ1) is 20.4. The fraction of sp³-hybridized carbons (Fsp3) is 0.350.